The number of para-hydroxylation sites is 1. The molecule has 0 saturated carbocycles. The summed E-state index contributed by atoms with van der Waals surface area (Å²) in [5.41, 5.74) is 2.69. The number of halogens is 1. The fourth-order valence-corrected chi connectivity index (χ4v) is 2.01. The molecule has 1 heterocycles. The first-order chi connectivity index (χ1) is 7.72. The zero-order valence-electron chi connectivity index (χ0n) is 9.72. The molecule has 0 amide bonds. The Hall–Kier alpha value is -1.48. The molecule has 0 spiro atoms. The monoisotopic (exact) mass is 253 g/mol. The van der Waals surface area contributed by atoms with Crippen molar-refractivity contribution in [3.8, 4) is 0 Å². The highest BCUT2D eigenvalue weighted by Crippen LogP contribution is 2.28. The Labute approximate surface area is 107 Å². The van der Waals surface area contributed by atoms with E-state index in [2.05, 4.69) is 6.92 Å². The highest BCUT2D eigenvalue weighted by Gasteiger charge is 2.19. The van der Waals surface area contributed by atoms with E-state index in [1.165, 1.54) is 0 Å². The van der Waals surface area contributed by atoms with Gasteiger partial charge >= 0.3 is 5.97 Å². The molecule has 1 aliphatic rings. The standard InChI is InChI=1S/C13H15NO2.ClH/c1-2-7-14-9-11(13(15)16)8-10-5-3-4-6-12(10)14;/h3-6,9H,2,7-8H2,1H3,(H,15,16);1H. The van der Waals surface area contributed by atoms with Gasteiger partial charge in [-0.15, -0.1) is 12.4 Å². The quantitative estimate of drug-likeness (QED) is 0.901. The lowest BCUT2D eigenvalue weighted by molar-refractivity contribution is -0.132. The average Bonchev–Trinajstić information content (AvgIpc) is 2.29. The number of hydrogen-bond donors (Lipinski definition) is 1. The lowest BCUT2D eigenvalue weighted by Crippen LogP contribution is -2.25. The van der Waals surface area contributed by atoms with Crippen LogP contribution in [0, 0.1) is 0 Å². The van der Waals surface area contributed by atoms with Crippen LogP contribution in [-0.4, -0.2) is 17.6 Å². The summed E-state index contributed by atoms with van der Waals surface area (Å²) in [5.74, 6) is -0.824. The fraction of sp³-hybridized carbons (Fsp3) is 0.308. The summed E-state index contributed by atoms with van der Waals surface area (Å²) >= 11 is 0. The number of nitrogens with zero attached hydrogens (tertiary/aromatic N) is 1. The number of benzene rings is 1. The summed E-state index contributed by atoms with van der Waals surface area (Å²) in [6, 6.07) is 7.98. The van der Waals surface area contributed by atoms with Crippen LogP contribution in [0.5, 0.6) is 0 Å². The number of fused-ring (bicyclic) bond motifs is 1. The van der Waals surface area contributed by atoms with Crippen LogP contribution in [0.25, 0.3) is 0 Å². The van der Waals surface area contributed by atoms with Gasteiger partial charge in [-0.25, -0.2) is 4.79 Å². The van der Waals surface area contributed by atoms with Gasteiger partial charge in [-0.05, 0) is 18.1 Å². The molecule has 3 nitrogen and oxygen atoms in total. The number of aliphatic carboxylic acids is 1. The number of carbonyl (C=O) groups is 1. The second-order valence-electron chi connectivity index (χ2n) is 3.96. The van der Waals surface area contributed by atoms with Crippen molar-refractivity contribution in [2.75, 3.05) is 11.4 Å². The van der Waals surface area contributed by atoms with Crippen molar-refractivity contribution >= 4 is 24.1 Å². The smallest absolute Gasteiger partial charge is 0.333 e. The molecule has 0 saturated heterocycles. The molecule has 2 rings (SSSR count). The Bertz CT molecular complexity index is 443. The Morgan fingerprint density at radius 2 is 2.12 bits per heavy atom. The zero-order valence-corrected chi connectivity index (χ0v) is 10.5. The minimum Gasteiger partial charge on any atom is -0.478 e. The normalized spacial score (nSPS) is 13.5. The molecular formula is C13H16ClNO2. The van der Waals surface area contributed by atoms with E-state index in [0.29, 0.717) is 12.0 Å². The SMILES string of the molecule is CCCN1C=C(C(=O)O)Cc2ccccc21.Cl. The van der Waals surface area contributed by atoms with E-state index in [1.54, 1.807) is 6.20 Å². The third-order valence-corrected chi connectivity index (χ3v) is 2.73. The molecule has 0 bridgehead atoms. The second kappa shape index (κ2) is 5.73. The van der Waals surface area contributed by atoms with Crippen molar-refractivity contribution in [2.45, 2.75) is 19.8 Å². The van der Waals surface area contributed by atoms with Crippen molar-refractivity contribution in [1.82, 2.24) is 0 Å². The van der Waals surface area contributed by atoms with E-state index in [9.17, 15) is 4.79 Å². The van der Waals surface area contributed by atoms with Crippen molar-refractivity contribution in [3.63, 3.8) is 0 Å². The molecule has 1 aromatic carbocycles. The van der Waals surface area contributed by atoms with Crippen LogP contribution in [-0.2, 0) is 11.2 Å². The van der Waals surface area contributed by atoms with Gasteiger partial charge < -0.3 is 10.0 Å². The van der Waals surface area contributed by atoms with Crippen LogP contribution in [0.2, 0.25) is 0 Å². The molecular weight excluding hydrogens is 238 g/mol. The van der Waals surface area contributed by atoms with Crippen molar-refractivity contribution in [2.24, 2.45) is 0 Å². The molecule has 0 aliphatic carbocycles. The molecule has 0 aromatic heterocycles. The lowest BCUT2D eigenvalue weighted by Gasteiger charge is -2.27. The predicted octanol–water partition coefficient (Wildman–Crippen LogP) is 2.85. The fourth-order valence-electron chi connectivity index (χ4n) is 2.01. The van der Waals surface area contributed by atoms with Gasteiger partial charge in [0.15, 0.2) is 0 Å². The highest BCUT2D eigenvalue weighted by atomic mass is 35.5. The van der Waals surface area contributed by atoms with Crippen LogP contribution in [0.1, 0.15) is 18.9 Å². The maximum absolute atomic E-state index is 11.0. The molecule has 1 aliphatic heterocycles. The minimum atomic E-state index is -0.824. The average molecular weight is 254 g/mol. The van der Waals surface area contributed by atoms with Crippen LogP contribution in [0.4, 0.5) is 5.69 Å². The summed E-state index contributed by atoms with van der Waals surface area (Å²) in [6.07, 6.45) is 3.28. The van der Waals surface area contributed by atoms with Crippen LogP contribution in [0.3, 0.4) is 0 Å². The minimum absolute atomic E-state index is 0. The predicted molar refractivity (Wildman–Crippen MR) is 70.7 cm³/mol. The van der Waals surface area contributed by atoms with Gasteiger partial charge in [-0.3, -0.25) is 0 Å². The van der Waals surface area contributed by atoms with E-state index in [0.717, 1.165) is 24.2 Å². The van der Waals surface area contributed by atoms with Gasteiger partial charge in [0.2, 0.25) is 0 Å². The van der Waals surface area contributed by atoms with Crippen LogP contribution in [0.15, 0.2) is 36.0 Å². The third kappa shape index (κ3) is 2.80. The molecule has 17 heavy (non-hydrogen) atoms. The largest absolute Gasteiger partial charge is 0.478 e. The molecule has 0 unspecified atom stereocenters. The zero-order chi connectivity index (χ0) is 11.5. The number of hydrogen-bond acceptors (Lipinski definition) is 2. The van der Waals surface area contributed by atoms with Gasteiger partial charge in [-0.2, -0.15) is 0 Å². The first-order valence-corrected chi connectivity index (χ1v) is 5.51. The summed E-state index contributed by atoms with van der Waals surface area (Å²) in [5, 5.41) is 9.05. The number of carboxylic acid groups (broad SMARTS) is 1. The molecule has 92 valence electrons. The molecule has 0 radical (unpaired) electrons. The van der Waals surface area contributed by atoms with Crippen molar-refractivity contribution in [3.05, 3.63) is 41.6 Å². The molecule has 0 atom stereocenters. The van der Waals surface area contributed by atoms with Gasteiger partial charge in [-0.1, -0.05) is 25.1 Å². The first-order valence-electron chi connectivity index (χ1n) is 5.51. The summed E-state index contributed by atoms with van der Waals surface area (Å²) < 4.78 is 0. The highest BCUT2D eigenvalue weighted by molar-refractivity contribution is 5.89. The van der Waals surface area contributed by atoms with E-state index >= 15 is 0 Å². The van der Waals surface area contributed by atoms with Gasteiger partial charge in [0, 0.05) is 24.9 Å². The number of anilines is 1. The molecule has 1 N–H and O–H groups in total. The summed E-state index contributed by atoms with van der Waals surface area (Å²) in [4.78, 5) is 13.0. The maximum atomic E-state index is 11.0. The van der Waals surface area contributed by atoms with E-state index in [4.69, 9.17) is 5.11 Å². The molecule has 4 heteroatoms. The van der Waals surface area contributed by atoms with E-state index < -0.39 is 5.97 Å². The number of rotatable bonds is 3. The Morgan fingerprint density at radius 1 is 1.41 bits per heavy atom. The Morgan fingerprint density at radius 3 is 2.76 bits per heavy atom. The van der Waals surface area contributed by atoms with Crippen molar-refractivity contribution < 1.29 is 9.90 Å². The summed E-state index contributed by atoms with van der Waals surface area (Å²) in [6.45, 7) is 2.94. The van der Waals surface area contributed by atoms with Crippen LogP contribution >= 0.6 is 12.4 Å². The maximum Gasteiger partial charge on any atom is 0.333 e. The van der Waals surface area contributed by atoms with E-state index in [1.807, 2.05) is 29.2 Å². The molecule has 0 fully saturated rings. The van der Waals surface area contributed by atoms with Gasteiger partial charge in [0.25, 0.3) is 0 Å². The Balaban J connectivity index is 0.00000144. The number of carboxylic acids is 1. The lowest BCUT2D eigenvalue weighted by atomic mass is 9.99. The first kappa shape index (κ1) is 13.6. The Kier molecular flexibility index (Phi) is 4.58. The van der Waals surface area contributed by atoms with Crippen LogP contribution < -0.4 is 4.90 Å². The van der Waals surface area contributed by atoms with Gasteiger partial charge in [0.05, 0.1) is 5.57 Å². The topological polar surface area (TPSA) is 40.5 Å². The second-order valence-corrected chi connectivity index (χ2v) is 3.96. The molecule has 1 aromatic rings. The van der Waals surface area contributed by atoms with Gasteiger partial charge in [0.1, 0.15) is 0 Å². The van der Waals surface area contributed by atoms with E-state index in [-0.39, 0.29) is 12.4 Å². The third-order valence-electron chi connectivity index (χ3n) is 2.73. The van der Waals surface area contributed by atoms with Crippen molar-refractivity contribution in [1.29, 1.82) is 0 Å². The summed E-state index contributed by atoms with van der Waals surface area (Å²) in [7, 11) is 0.